The van der Waals surface area contributed by atoms with Crippen LogP contribution in [0.2, 0.25) is 0 Å². The van der Waals surface area contributed by atoms with Crippen LogP contribution in [0.4, 0.5) is 0 Å². The lowest BCUT2D eigenvalue weighted by molar-refractivity contribution is 0.283. The maximum Gasteiger partial charge on any atom is 0.0702 e. The number of rotatable bonds is 8. The van der Waals surface area contributed by atoms with Gasteiger partial charge in [-0.1, -0.05) is 154 Å². The highest BCUT2D eigenvalue weighted by atomic mass is 14.7. The Bertz CT molecular complexity index is 1650. The predicted octanol–water partition coefficient (Wildman–Crippen LogP) is 13.2. The van der Waals surface area contributed by atoms with Crippen LogP contribution < -0.4 is 0 Å². The van der Waals surface area contributed by atoms with Crippen molar-refractivity contribution in [3.8, 4) is 44.6 Å². The number of nitrogens with zero attached hydrogens (tertiary/aromatic N) is 1. The van der Waals surface area contributed by atoms with Gasteiger partial charge in [0.1, 0.15) is 0 Å². The van der Waals surface area contributed by atoms with Gasteiger partial charge in [0.05, 0.1) is 5.69 Å². The van der Waals surface area contributed by atoms with Crippen LogP contribution >= 0.6 is 0 Å². The first kappa shape index (κ1) is 33.4. The van der Waals surface area contributed by atoms with Crippen molar-refractivity contribution in [2.75, 3.05) is 0 Å². The van der Waals surface area contributed by atoms with E-state index >= 15 is 0 Å². The fourth-order valence-electron chi connectivity index (χ4n) is 7.56. The van der Waals surface area contributed by atoms with Crippen LogP contribution in [0, 0.1) is 10.8 Å². The first-order valence-corrected chi connectivity index (χ1v) is 16.9. The third kappa shape index (κ3) is 8.24. The molecule has 0 saturated carbocycles. The van der Waals surface area contributed by atoms with E-state index in [2.05, 4.69) is 172 Å². The van der Waals surface area contributed by atoms with E-state index in [0.717, 1.165) is 29.7 Å². The molecule has 238 valence electrons. The lowest BCUT2D eigenvalue weighted by Gasteiger charge is -2.33. The fourth-order valence-corrected chi connectivity index (χ4v) is 7.56. The molecule has 4 aromatic carbocycles. The number of hydrogen-bond acceptors (Lipinski definition) is 1. The summed E-state index contributed by atoms with van der Waals surface area (Å²) in [6, 6.07) is 40.2. The Morgan fingerprint density at radius 2 is 0.783 bits per heavy atom. The summed E-state index contributed by atoms with van der Waals surface area (Å²) in [5.74, 6) is 0. The van der Waals surface area contributed by atoms with Gasteiger partial charge in [-0.15, -0.1) is 0 Å². The molecule has 0 atom stereocenters. The minimum atomic E-state index is 0.110. The molecule has 1 aromatic heterocycles. The van der Waals surface area contributed by atoms with E-state index in [9.17, 15) is 0 Å². The van der Waals surface area contributed by atoms with Crippen molar-refractivity contribution in [3.63, 3.8) is 0 Å². The molecule has 0 fully saturated rings. The molecule has 1 heteroatoms. The van der Waals surface area contributed by atoms with Crippen molar-refractivity contribution in [3.05, 3.63) is 127 Å². The third-order valence-corrected chi connectivity index (χ3v) is 9.04. The minimum absolute atomic E-state index is 0.110. The molecule has 46 heavy (non-hydrogen) atoms. The highest BCUT2D eigenvalue weighted by molar-refractivity contribution is 5.81. The molecular weight excluding hydrogens is 555 g/mol. The quantitative estimate of drug-likeness (QED) is 0.171. The highest BCUT2D eigenvalue weighted by Gasteiger charge is 2.28. The van der Waals surface area contributed by atoms with Crippen LogP contribution in [0.3, 0.4) is 0 Å². The molecule has 0 unspecified atom stereocenters. The zero-order valence-corrected chi connectivity index (χ0v) is 29.8. The average Bonchev–Trinajstić information content (AvgIpc) is 2.99. The van der Waals surface area contributed by atoms with E-state index in [0.29, 0.717) is 0 Å². The van der Waals surface area contributed by atoms with Gasteiger partial charge in [0, 0.05) is 17.3 Å². The normalized spacial score (nSPS) is 12.7. The topological polar surface area (TPSA) is 12.9 Å². The van der Waals surface area contributed by atoms with Gasteiger partial charge in [-0.25, -0.2) is 0 Å². The molecule has 5 aromatic rings. The Balaban J connectivity index is 1.55. The molecule has 0 N–H and O–H groups in total. The monoisotopic (exact) mass is 607 g/mol. The summed E-state index contributed by atoms with van der Waals surface area (Å²) >= 11 is 0. The van der Waals surface area contributed by atoms with Gasteiger partial charge < -0.3 is 0 Å². The Morgan fingerprint density at radius 3 is 1.15 bits per heavy atom. The van der Waals surface area contributed by atoms with E-state index < -0.39 is 0 Å². The Morgan fingerprint density at radius 1 is 0.391 bits per heavy atom. The Kier molecular flexibility index (Phi) is 9.20. The molecule has 1 nitrogen and oxygen atoms in total. The smallest absolute Gasteiger partial charge is 0.0702 e. The van der Waals surface area contributed by atoms with E-state index in [-0.39, 0.29) is 21.7 Å². The van der Waals surface area contributed by atoms with Crippen LogP contribution in [0.15, 0.2) is 115 Å². The van der Waals surface area contributed by atoms with Gasteiger partial charge >= 0.3 is 0 Å². The van der Waals surface area contributed by atoms with E-state index in [1.165, 1.54) is 38.9 Å². The molecule has 0 aliphatic carbocycles. The van der Waals surface area contributed by atoms with Gasteiger partial charge in [0.2, 0.25) is 0 Å². The van der Waals surface area contributed by atoms with E-state index in [4.69, 9.17) is 4.98 Å². The zero-order valence-electron chi connectivity index (χ0n) is 29.8. The van der Waals surface area contributed by atoms with Crippen molar-refractivity contribution >= 4 is 0 Å². The first-order chi connectivity index (χ1) is 21.5. The molecule has 0 aliphatic heterocycles. The van der Waals surface area contributed by atoms with Crippen LogP contribution in [-0.4, -0.2) is 4.98 Å². The lowest BCUT2D eigenvalue weighted by Crippen LogP contribution is -2.24. The van der Waals surface area contributed by atoms with Crippen LogP contribution in [-0.2, 0) is 10.8 Å². The minimum Gasteiger partial charge on any atom is -0.256 e. The van der Waals surface area contributed by atoms with Crippen LogP contribution in [0.25, 0.3) is 44.6 Å². The summed E-state index contributed by atoms with van der Waals surface area (Å²) in [7, 11) is 0. The summed E-state index contributed by atoms with van der Waals surface area (Å²) in [5.41, 5.74) is 12.8. The third-order valence-electron chi connectivity index (χ3n) is 9.04. The predicted molar refractivity (Wildman–Crippen MR) is 200 cm³/mol. The highest BCUT2D eigenvalue weighted by Crippen LogP contribution is 2.40. The largest absolute Gasteiger partial charge is 0.256 e. The SMILES string of the molecule is CC(C)(C)CC(C)(C)c1ccc(-c2cc(-c3ccc(C(C)(C)CC(C)(C)C)cc3)cc(-c3ccc(-c4ccccc4)nc3)c2)cc1. The van der Waals surface area contributed by atoms with Crippen molar-refractivity contribution in [2.24, 2.45) is 10.8 Å². The van der Waals surface area contributed by atoms with Gasteiger partial charge in [0.25, 0.3) is 0 Å². The average molecular weight is 608 g/mol. The molecule has 0 bridgehead atoms. The number of benzene rings is 4. The zero-order chi connectivity index (χ0) is 33.3. The van der Waals surface area contributed by atoms with Crippen molar-refractivity contribution < 1.29 is 0 Å². The fraction of sp³-hybridized carbons (Fsp3) is 0.356. The molecule has 1 heterocycles. The maximum absolute atomic E-state index is 4.87. The molecule has 0 aliphatic rings. The second kappa shape index (κ2) is 12.7. The second-order valence-corrected chi connectivity index (χ2v) is 17.0. The molecule has 0 saturated heterocycles. The number of aromatic nitrogens is 1. The molecule has 0 spiro atoms. The van der Waals surface area contributed by atoms with Crippen LogP contribution in [0.5, 0.6) is 0 Å². The Labute approximate surface area is 279 Å². The lowest BCUT2D eigenvalue weighted by atomic mass is 9.72. The van der Waals surface area contributed by atoms with Gasteiger partial charge in [-0.05, 0) is 97.7 Å². The van der Waals surface area contributed by atoms with E-state index in [1.807, 2.05) is 12.3 Å². The Hall–Kier alpha value is -3.97. The maximum atomic E-state index is 4.87. The van der Waals surface area contributed by atoms with E-state index in [1.54, 1.807) is 0 Å². The first-order valence-electron chi connectivity index (χ1n) is 16.9. The standard InChI is InChI=1S/C45H53N/c1-42(2,3)30-44(7,8)39-21-16-32(17-22-39)36-26-37(33-18-23-40(24-19-33)45(9,10)31-43(4,5)6)28-38(27-36)35-20-25-41(46-29-35)34-14-12-11-13-15-34/h11-29H,30-31H2,1-10H3. The number of hydrogen-bond donors (Lipinski definition) is 0. The van der Waals surface area contributed by atoms with Crippen molar-refractivity contribution in [2.45, 2.75) is 92.9 Å². The summed E-state index contributed by atoms with van der Waals surface area (Å²) in [5, 5.41) is 0. The van der Waals surface area contributed by atoms with Gasteiger partial charge in [-0.2, -0.15) is 0 Å². The molecule has 0 amide bonds. The van der Waals surface area contributed by atoms with Gasteiger partial charge in [0.15, 0.2) is 0 Å². The van der Waals surface area contributed by atoms with Crippen molar-refractivity contribution in [1.29, 1.82) is 0 Å². The number of pyridine rings is 1. The molecule has 5 rings (SSSR count). The molecule has 0 radical (unpaired) electrons. The summed E-state index contributed by atoms with van der Waals surface area (Å²) in [6.45, 7) is 23.4. The summed E-state index contributed by atoms with van der Waals surface area (Å²) < 4.78 is 0. The molecular formula is C45H53N. The van der Waals surface area contributed by atoms with Crippen molar-refractivity contribution in [1.82, 2.24) is 4.98 Å². The summed E-state index contributed by atoms with van der Waals surface area (Å²) in [6.07, 6.45) is 4.28. The van der Waals surface area contributed by atoms with Crippen LogP contribution in [0.1, 0.15) is 93.2 Å². The van der Waals surface area contributed by atoms with Gasteiger partial charge in [-0.3, -0.25) is 4.98 Å². The second-order valence-electron chi connectivity index (χ2n) is 17.0. The summed E-state index contributed by atoms with van der Waals surface area (Å²) in [4.78, 5) is 4.87.